The first-order valence-corrected chi connectivity index (χ1v) is 14.6. The number of benzene rings is 4. The van der Waals surface area contributed by atoms with Crippen LogP contribution in [0.4, 0.5) is 15.8 Å². The van der Waals surface area contributed by atoms with Crippen LogP contribution in [0.15, 0.2) is 85.1 Å². The summed E-state index contributed by atoms with van der Waals surface area (Å²) in [5.74, 6) is -0.553. The number of carbonyl (C=O) groups excluding carboxylic acids is 2. The topological polar surface area (TPSA) is 106 Å². The van der Waals surface area contributed by atoms with Crippen LogP contribution < -0.4 is 20.1 Å². The van der Waals surface area contributed by atoms with E-state index in [0.29, 0.717) is 16.7 Å². The fourth-order valence-corrected chi connectivity index (χ4v) is 5.48. The lowest BCUT2D eigenvalue weighted by Crippen LogP contribution is -2.32. The molecule has 0 radical (unpaired) electrons. The fourth-order valence-electron chi connectivity index (χ4n) is 5.48. The molecular formula is C35H32FN5O4. The Kier molecular flexibility index (Phi) is 8.65. The van der Waals surface area contributed by atoms with Gasteiger partial charge in [0.2, 0.25) is 0 Å². The molecule has 6 rings (SSSR count). The zero-order valence-electron chi connectivity index (χ0n) is 25.0. The smallest absolute Gasteiger partial charge is 0.275 e. The SMILES string of the molecule is COc1cc2c(cc1OC)CN(CCc1ccc(NC(=O)c3c(F)cccc3NC(=O)c3cnc4ccccc4n3)cc1)CC2. The van der Waals surface area contributed by atoms with Crippen LogP contribution in [0.2, 0.25) is 0 Å². The number of methoxy groups -OCH3 is 2. The molecule has 5 aromatic rings. The van der Waals surface area contributed by atoms with E-state index in [4.69, 9.17) is 9.47 Å². The molecule has 0 fully saturated rings. The average Bonchev–Trinajstić information content (AvgIpc) is 3.07. The molecule has 2 amide bonds. The van der Waals surface area contributed by atoms with Crippen molar-refractivity contribution in [2.45, 2.75) is 19.4 Å². The minimum atomic E-state index is -0.759. The minimum absolute atomic E-state index is 0.0308. The molecule has 9 nitrogen and oxygen atoms in total. The second-order valence-corrected chi connectivity index (χ2v) is 10.8. The number of nitrogens with one attached hydrogen (secondary N) is 2. The Labute approximate surface area is 260 Å². The number of rotatable bonds is 9. The van der Waals surface area contributed by atoms with Gasteiger partial charge in [0, 0.05) is 25.3 Å². The van der Waals surface area contributed by atoms with Crippen LogP contribution in [-0.4, -0.2) is 54.0 Å². The van der Waals surface area contributed by atoms with Gasteiger partial charge in [-0.1, -0.05) is 30.3 Å². The number of halogens is 1. The summed E-state index contributed by atoms with van der Waals surface area (Å²) in [4.78, 5) is 37.1. The van der Waals surface area contributed by atoms with E-state index in [1.807, 2.05) is 18.2 Å². The number of fused-ring (bicyclic) bond motifs is 2. The van der Waals surface area contributed by atoms with Crippen LogP contribution >= 0.6 is 0 Å². The number of hydrogen-bond acceptors (Lipinski definition) is 7. The fraction of sp³-hybridized carbons (Fsp3) is 0.200. The van der Waals surface area contributed by atoms with Gasteiger partial charge in [-0.05, 0) is 78.1 Å². The lowest BCUT2D eigenvalue weighted by molar-refractivity contribution is 0.102. The molecule has 10 heteroatoms. The van der Waals surface area contributed by atoms with E-state index in [9.17, 15) is 14.0 Å². The number of ether oxygens (including phenoxy) is 2. The monoisotopic (exact) mass is 605 g/mol. The van der Waals surface area contributed by atoms with Gasteiger partial charge in [0.05, 0.1) is 42.7 Å². The van der Waals surface area contributed by atoms with Gasteiger partial charge in [0.15, 0.2) is 11.5 Å². The van der Waals surface area contributed by atoms with Crippen molar-refractivity contribution < 1.29 is 23.5 Å². The molecule has 1 aliphatic heterocycles. The van der Waals surface area contributed by atoms with Crippen LogP contribution in [0.1, 0.15) is 37.5 Å². The standard InChI is InChI=1S/C35H32FN5O4/c1-44-31-18-23-15-17-41(21-24(23)19-32(31)45-2)16-14-22-10-12-25(13-11-22)38-35(43)33-26(36)6-5-9-29(33)40-34(42)30-20-37-27-7-3-4-8-28(27)39-30/h3-13,18-20H,14-17,21H2,1-2H3,(H,38,43)(H,40,42). The van der Waals surface area contributed by atoms with Gasteiger partial charge < -0.3 is 20.1 Å². The lowest BCUT2D eigenvalue weighted by Gasteiger charge is -2.29. The van der Waals surface area contributed by atoms with Gasteiger partial charge in [-0.15, -0.1) is 0 Å². The molecule has 4 aromatic carbocycles. The van der Waals surface area contributed by atoms with Crippen LogP contribution in [-0.2, 0) is 19.4 Å². The number of aromatic nitrogens is 2. The van der Waals surface area contributed by atoms with Crippen molar-refractivity contribution in [3.8, 4) is 11.5 Å². The van der Waals surface area contributed by atoms with Crippen LogP contribution in [0.25, 0.3) is 11.0 Å². The van der Waals surface area contributed by atoms with Gasteiger partial charge in [-0.3, -0.25) is 19.5 Å². The predicted octanol–water partition coefficient (Wildman–Crippen LogP) is 5.89. The molecule has 0 aliphatic carbocycles. The molecule has 45 heavy (non-hydrogen) atoms. The number of amides is 2. The summed E-state index contributed by atoms with van der Waals surface area (Å²) in [6.45, 7) is 2.66. The number of nitrogens with zero attached hydrogens (tertiary/aromatic N) is 3. The summed E-state index contributed by atoms with van der Waals surface area (Å²) in [5.41, 5.74) is 5.15. The van der Waals surface area contributed by atoms with Crippen molar-refractivity contribution >= 4 is 34.2 Å². The maximum absolute atomic E-state index is 14.9. The van der Waals surface area contributed by atoms with E-state index in [1.165, 1.54) is 35.5 Å². The van der Waals surface area contributed by atoms with Crippen molar-refractivity contribution in [2.24, 2.45) is 0 Å². The zero-order valence-corrected chi connectivity index (χ0v) is 25.0. The quantitative estimate of drug-likeness (QED) is 0.216. The molecule has 0 atom stereocenters. The van der Waals surface area contributed by atoms with Crippen LogP contribution in [0, 0.1) is 5.82 Å². The first-order chi connectivity index (χ1) is 21.9. The molecule has 2 N–H and O–H groups in total. The van der Waals surface area contributed by atoms with Gasteiger partial charge in [-0.25, -0.2) is 9.37 Å². The summed E-state index contributed by atoms with van der Waals surface area (Å²) in [6.07, 6.45) is 3.11. The van der Waals surface area contributed by atoms with Crippen molar-refractivity contribution in [3.05, 3.63) is 119 Å². The van der Waals surface area contributed by atoms with Crippen molar-refractivity contribution in [1.82, 2.24) is 14.9 Å². The Morgan fingerprint density at radius 3 is 2.36 bits per heavy atom. The molecule has 0 saturated heterocycles. The first kappa shape index (κ1) is 29.7. The third-order valence-electron chi connectivity index (χ3n) is 7.90. The molecule has 228 valence electrons. The van der Waals surface area contributed by atoms with Crippen molar-refractivity contribution in [3.63, 3.8) is 0 Å². The molecule has 1 aliphatic rings. The van der Waals surface area contributed by atoms with E-state index < -0.39 is 17.6 Å². The molecule has 0 spiro atoms. The lowest BCUT2D eigenvalue weighted by atomic mass is 9.98. The number of anilines is 2. The number of hydrogen-bond donors (Lipinski definition) is 2. The average molecular weight is 606 g/mol. The molecule has 1 aromatic heterocycles. The van der Waals surface area contributed by atoms with E-state index in [-0.39, 0.29) is 16.9 Å². The second kappa shape index (κ2) is 13.1. The van der Waals surface area contributed by atoms with E-state index in [2.05, 4.69) is 37.6 Å². The Bertz CT molecular complexity index is 1880. The minimum Gasteiger partial charge on any atom is -0.493 e. The Morgan fingerprint density at radius 1 is 0.867 bits per heavy atom. The highest BCUT2D eigenvalue weighted by atomic mass is 19.1. The van der Waals surface area contributed by atoms with E-state index >= 15 is 0 Å². The molecule has 0 bridgehead atoms. The first-order valence-electron chi connectivity index (χ1n) is 14.6. The molecule has 0 saturated carbocycles. The van der Waals surface area contributed by atoms with Gasteiger partial charge in [0.1, 0.15) is 11.5 Å². The maximum Gasteiger partial charge on any atom is 0.275 e. The van der Waals surface area contributed by atoms with Gasteiger partial charge >= 0.3 is 0 Å². The number of carbonyl (C=O) groups is 2. The normalized spacial score (nSPS) is 12.8. The predicted molar refractivity (Wildman–Crippen MR) is 171 cm³/mol. The summed E-state index contributed by atoms with van der Waals surface area (Å²) < 4.78 is 25.8. The van der Waals surface area contributed by atoms with Crippen LogP contribution in [0.3, 0.4) is 0 Å². The number of para-hydroxylation sites is 2. The summed E-state index contributed by atoms with van der Waals surface area (Å²) in [7, 11) is 3.30. The van der Waals surface area contributed by atoms with E-state index in [1.54, 1.807) is 44.6 Å². The maximum atomic E-state index is 14.9. The third-order valence-corrected chi connectivity index (χ3v) is 7.90. The molecule has 2 heterocycles. The van der Waals surface area contributed by atoms with E-state index in [0.717, 1.165) is 49.5 Å². The molecule has 0 unspecified atom stereocenters. The summed E-state index contributed by atoms with van der Waals surface area (Å²) in [6, 6.07) is 22.8. The Hall–Kier alpha value is -5.35. The van der Waals surface area contributed by atoms with Gasteiger partial charge in [0.25, 0.3) is 11.8 Å². The van der Waals surface area contributed by atoms with Crippen molar-refractivity contribution in [1.29, 1.82) is 0 Å². The highest BCUT2D eigenvalue weighted by molar-refractivity contribution is 6.12. The summed E-state index contributed by atoms with van der Waals surface area (Å²) in [5, 5.41) is 5.36. The van der Waals surface area contributed by atoms with Gasteiger partial charge in [-0.2, -0.15) is 0 Å². The molecular weight excluding hydrogens is 573 g/mol. The van der Waals surface area contributed by atoms with Crippen LogP contribution in [0.5, 0.6) is 11.5 Å². The third kappa shape index (κ3) is 6.61. The largest absolute Gasteiger partial charge is 0.493 e. The second-order valence-electron chi connectivity index (χ2n) is 10.8. The summed E-state index contributed by atoms with van der Waals surface area (Å²) >= 11 is 0. The van der Waals surface area contributed by atoms with Crippen molar-refractivity contribution in [2.75, 3.05) is 37.9 Å². The highest BCUT2D eigenvalue weighted by Gasteiger charge is 2.21. The highest BCUT2D eigenvalue weighted by Crippen LogP contribution is 2.33. The Morgan fingerprint density at radius 2 is 1.60 bits per heavy atom. The zero-order chi connectivity index (χ0) is 31.3. The Balaban J connectivity index is 1.08.